The van der Waals surface area contributed by atoms with Crippen LogP contribution in [0.2, 0.25) is 0 Å². The highest BCUT2D eigenvalue weighted by molar-refractivity contribution is 5.80. The van der Waals surface area contributed by atoms with Gasteiger partial charge in [-0.25, -0.2) is 0 Å². The van der Waals surface area contributed by atoms with Crippen LogP contribution in [0.5, 0.6) is 0 Å². The Morgan fingerprint density at radius 1 is 1.17 bits per heavy atom. The van der Waals surface area contributed by atoms with Gasteiger partial charge in [0, 0.05) is 5.56 Å². The van der Waals surface area contributed by atoms with E-state index < -0.39 is 5.41 Å². The normalized spacial score (nSPS) is 17.4. The molecule has 1 aromatic carbocycles. The number of esters is 1. The Labute approximate surface area is 108 Å². The largest absolute Gasteiger partial charge is 0.468 e. The van der Waals surface area contributed by atoms with E-state index in [1.165, 1.54) is 13.5 Å². The monoisotopic (exact) mass is 242 g/mol. The third-order valence-electron chi connectivity index (χ3n) is 3.50. The first kappa shape index (κ1) is 12.7. The van der Waals surface area contributed by atoms with Gasteiger partial charge in [-0.15, -0.1) is 0 Å². The van der Waals surface area contributed by atoms with Crippen molar-refractivity contribution in [3.8, 4) is 11.8 Å². The summed E-state index contributed by atoms with van der Waals surface area (Å²) < 4.78 is 4.94. The molecule has 2 heteroatoms. The average molecular weight is 242 g/mol. The highest BCUT2D eigenvalue weighted by atomic mass is 16.5. The smallest absolute Gasteiger partial charge is 0.323 e. The Hall–Kier alpha value is -1.75. The summed E-state index contributed by atoms with van der Waals surface area (Å²) in [5, 5.41) is 0. The molecular formula is C16H18O2. The van der Waals surface area contributed by atoms with Crippen molar-refractivity contribution in [1.82, 2.24) is 0 Å². The number of methoxy groups -OCH3 is 1. The number of carbonyl (C=O) groups is 1. The fraction of sp³-hybridized carbons (Fsp3) is 0.438. The number of benzene rings is 1. The Balaban J connectivity index is 2.26. The lowest BCUT2D eigenvalue weighted by atomic mass is 9.74. The fourth-order valence-electron chi connectivity index (χ4n) is 2.44. The molecule has 1 fully saturated rings. The van der Waals surface area contributed by atoms with E-state index in [2.05, 4.69) is 11.8 Å². The Kier molecular flexibility index (Phi) is 4.04. The van der Waals surface area contributed by atoms with Gasteiger partial charge in [0.15, 0.2) is 0 Å². The van der Waals surface area contributed by atoms with E-state index in [-0.39, 0.29) is 5.97 Å². The number of carbonyl (C=O) groups excluding carboxylic acids is 1. The third-order valence-corrected chi connectivity index (χ3v) is 3.50. The molecular weight excluding hydrogens is 224 g/mol. The van der Waals surface area contributed by atoms with E-state index in [9.17, 15) is 4.79 Å². The van der Waals surface area contributed by atoms with Crippen LogP contribution in [0.15, 0.2) is 30.3 Å². The van der Waals surface area contributed by atoms with Gasteiger partial charge in [0.1, 0.15) is 5.41 Å². The van der Waals surface area contributed by atoms with Crippen LogP contribution in [0.3, 0.4) is 0 Å². The lowest BCUT2D eigenvalue weighted by molar-refractivity contribution is -0.150. The molecule has 94 valence electrons. The van der Waals surface area contributed by atoms with Crippen molar-refractivity contribution >= 4 is 5.97 Å². The van der Waals surface area contributed by atoms with E-state index in [0.717, 1.165) is 31.2 Å². The fourth-order valence-corrected chi connectivity index (χ4v) is 2.44. The molecule has 0 bridgehead atoms. The van der Waals surface area contributed by atoms with E-state index in [1.54, 1.807) is 0 Å². The molecule has 0 radical (unpaired) electrons. The lowest BCUT2D eigenvalue weighted by Crippen LogP contribution is -2.33. The minimum absolute atomic E-state index is 0.175. The first-order chi connectivity index (χ1) is 8.77. The molecule has 2 rings (SSSR count). The zero-order chi connectivity index (χ0) is 12.8. The summed E-state index contributed by atoms with van der Waals surface area (Å²) in [5.74, 6) is 6.12. The summed E-state index contributed by atoms with van der Waals surface area (Å²) in [6, 6.07) is 9.79. The van der Waals surface area contributed by atoms with Crippen LogP contribution in [0.25, 0.3) is 0 Å². The number of hydrogen-bond acceptors (Lipinski definition) is 2. The molecule has 0 N–H and O–H groups in total. The topological polar surface area (TPSA) is 26.3 Å². The minimum Gasteiger partial charge on any atom is -0.468 e. The second-order valence-electron chi connectivity index (χ2n) is 4.75. The second kappa shape index (κ2) is 5.73. The molecule has 1 saturated carbocycles. The van der Waals surface area contributed by atoms with Gasteiger partial charge in [-0.2, -0.15) is 0 Å². The van der Waals surface area contributed by atoms with Gasteiger partial charge in [0.25, 0.3) is 0 Å². The number of hydrogen-bond donors (Lipinski definition) is 0. The van der Waals surface area contributed by atoms with E-state index >= 15 is 0 Å². The number of rotatable bonds is 1. The lowest BCUT2D eigenvalue weighted by Gasteiger charge is -2.29. The summed E-state index contributed by atoms with van der Waals surface area (Å²) in [5.41, 5.74) is 0.370. The maximum absolute atomic E-state index is 12.0. The van der Waals surface area contributed by atoms with Gasteiger partial charge >= 0.3 is 5.97 Å². The minimum atomic E-state index is -0.581. The zero-order valence-corrected chi connectivity index (χ0v) is 10.7. The molecule has 0 atom stereocenters. The van der Waals surface area contributed by atoms with Gasteiger partial charge in [-0.1, -0.05) is 49.3 Å². The Morgan fingerprint density at radius 3 is 2.44 bits per heavy atom. The molecule has 2 nitrogen and oxygen atoms in total. The van der Waals surface area contributed by atoms with Crippen LogP contribution in [0.1, 0.15) is 37.7 Å². The van der Waals surface area contributed by atoms with Crippen LogP contribution in [0.4, 0.5) is 0 Å². The van der Waals surface area contributed by atoms with Crippen LogP contribution >= 0.6 is 0 Å². The Morgan fingerprint density at radius 2 is 1.83 bits per heavy atom. The first-order valence-corrected chi connectivity index (χ1v) is 6.43. The van der Waals surface area contributed by atoms with Crippen molar-refractivity contribution in [3.05, 3.63) is 35.9 Å². The first-order valence-electron chi connectivity index (χ1n) is 6.43. The van der Waals surface area contributed by atoms with Crippen molar-refractivity contribution in [3.63, 3.8) is 0 Å². The molecule has 0 aliphatic heterocycles. The van der Waals surface area contributed by atoms with Gasteiger partial charge < -0.3 is 4.74 Å². The standard InChI is InChI=1S/C16H18O2/c1-18-15(17)16(11-6-3-7-12-16)13-10-14-8-4-2-5-9-14/h2,4-5,8-9H,3,6-7,11-12H2,1H3. The second-order valence-corrected chi connectivity index (χ2v) is 4.75. The SMILES string of the molecule is COC(=O)C1(C#Cc2ccccc2)CCCCC1. The quantitative estimate of drug-likeness (QED) is 0.558. The predicted molar refractivity (Wildman–Crippen MR) is 70.9 cm³/mol. The molecule has 0 amide bonds. The highest BCUT2D eigenvalue weighted by Crippen LogP contribution is 2.36. The van der Waals surface area contributed by atoms with Gasteiger partial charge in [0.05, 0.1) is 7.11 Å². The molecule has 0 spiro atoms. The maximum atomic E-state index is 12.0. The van der Waals surface area contributed by atoms with E-state index in [0.29, 0.717) is 0 Å². The van der Waals surface area contributed by atoms with E-state index in [4.69, 9.17) is 4.74 Å². The van der Waals surface area contributed by atoms with Crippen LogP contribution in [-0.4, -0.2) is 13.1 Å². The zero-order valence-electron chi connectivity index (χ0n) is 10.7. The van der Waals surface area contributed by atoms with Crippen LogP contribution in [0, 0.1) is 17.3 Å². The highest BCUT2D eigenvalue weighted by Gasteiger charge is 2.39. The summed E-state index contributed by atoms with van der Waals surface area (Å²) in [7, 11) is 1.45. The third kappa shape index (κ3) is 2.73. The van der Waals surface area contributed by atoms with Gasteiger partial charge in [-0.05, 0) is 25.0 Å². The van der Waals surface area contributed by atoms with Crippen molar-refractivity contribution in [1.29, 1.82) is 0 Å². The van der Waals surface area contributed by atoms with Crippen LogP contribution < -0.4 is 0 Å². The average Bonchev–Trinajstić information content (AvgIpc) is 2.46. The van der Waals surface area contributed by atoms with Crippen LogP contribution in [-0.2, 0) is 9.53 Å². The molecule has 1 aromatic rings. The summed E-state index contributed by atoms with van der Waals surface area (Å²) >= 11 is 0. The van der Waals surface area contributed by atoms with Crippen molar-refractivity contribution in [2.75, 3.05) is 7.11 Å². The molecule has 0 saturated heterocycles. The van der Waals surface area contributed by atoms with E-state index in [1.807, 2.05) is 30.3 Å². The van der Waals surface area contributed by atoms with Crippen molar-refractivity contribution < 1.29 is 9.53 Å². The summed E-state index contributed by atoms with van der Waals surface area (Å²) in [6.07, 6.45) is 4.93. The molecule has 0 unspecified atom stereocenters. The summed E-state index contributed by atoms with van der Waals surface area (Å²) in [4.78, 5) is 12.0. The maximum Gasteiger partial charge on any atom is 0.323 e. The molecule has 1 aliphatic rings. The summed E-state index contributed by atoms with van der Waals surface area (Å²) in [6.45, 7) is 0. The number of ether oxygens (including phenoxy) is 1. The van der Waals surface area contributed by atoms with Gasteiger partial charge in [-0.3, -0.25) is 4.79 Å². The molecule has 0 heterocycles. The predicted octanol–water partition coefficient (Wildman–Crippen LogP) is 3.16. The van der Waals surface area contributed by atoms with Crippen molar-refractivity contribution in [2.24, 2.45) is 5.41 Å². The van der Waals surface area contributed by atoms with Gasteiger partial charge in [0.2, 0.25) is 0 Å². The van der Waals surface area contributed by atoms with Crippen molar-refractivity contribution in [2.45, 2.75) is 32.1 Å². The molecule has 0 aromatic heterocycles. The molecule has 1 aliphatic carbocycles. The Bertz CT molecular complexity index is 459. The molecule has 18 heavy (non-hydrogen) atoms.